The van der Waals surface area contributed by atoms with Crippen LogP contribution < -0.4 is 5.73 Å². The van der Waals surface area contributed by atoms with Gasteiger partial charge in [0.1, 0.15) is 0 Å². The fraction of sp³-hybridized carbons (Fsp3) is 0.625. The fourth-order valence-electron chi connectivity index (χ4n) is 3.04. The molecule has 1 nitrogen and oxygen atoms in total. The standard InChI is InChI=1S/C16H24ClN/c1-11(2)10-15(18)16(12-4-3-5-12)13-6-8-14(17)9-7-13/h6-9,11-12,15-16H,3-5,10,18H2,1-2H3. The molecule has 100 valence electrons. The lowest BCUT2D eigenvalue weighted by atomic mass is 9.69. The SMILES string of the molecule is CC(C)CC(N)C(c1ccc(Cl)cc1)C1CCC1. The van der Waals surface area contributed by atoms with Crippen molar-refractivity contribution in [3.05, 3.63) is 34.9 Å². The van der Waals surface area contributed by atoms with E-state index in [4.69, 9.17) is 17.3 Å². The predicted octanol–water partition coefficient (Wildman–Crippen LogP) is 4.60. The van der Waals surface area contributed by atoms with Gasteiger partial charge in [-0.2, -0.15) is 0 Å². The number of benzene rings is 1. The van der Waals surface area contributed by atoms with E-state index < -0.39 is 0 Å². The summed E-state index contributed by atoms with van der Waals surface area (Å²) < 4.78 is 0. The Balaban J connectivity index is 2.16. The minimum Gasteiger partial charge on any atom is -0.327 e. The van der Waals surface area contributed by atoms with Crippen molar-refractivity contribution in [2.75, 3.05) is 0 Å². The van der Waals surface area contributed by atoms with Crippen LogP contribution >= 0.6 is 11.6 Å². The second-order valence-corrected chi connectivity index (χ2v) is 6.50. The van der Waals surface area contributed by atoms with Gasteiger partial charge in [0.15, 0.2) is 0 Å². The van der Waals surface area contributed by atoms with E-state index in [9.17, 15) is 0 Å². The first-order valence-electron chi connectivity index (χ1n) is 7.09. The Kier molecular flexibility index (Phi) is 4.69. The Hall–Kier alpha value is -0.530. The Morgan fingerprint density at radius 2 is 1.83 bits per heavy atom. The number of hydrogen-bond donors (Lipinski definition) is 1. The average Bonchev–Trinajstić information content (AvgIpc) is 2.23. The van der Waals surface area contributed by atoms with Crippen molar-refractivity contribution in [3.8, 4) is 0 Å². The van der Waals surface area contributed by atoms with Crippen LogP contribution in [0.3, 0.4) is 0 Å². The van der Waals surface area contributed by atoms with Crippen LogP contribution in [0.25, 0.3) is 0 Å². The molecule has 1 aromatic rings. The van der Waals surface area contributed by atoms with Crippen LogP contribution in [-0.2, 0) is 0 Å². The van der Waals surface area contributed by atoms with Gasteiger partial charge in [-0.15, -0.1) is 0 Å². The molecular formula is C16H24ClN. The molecule has 2 N–H and O–H groups in total. The van der Waals surface area contributed by atoms with Gasteiger partial charge in [0.2, 0.25) is 0 Å². The highest BCUT2D eigenvalue weighted by Crippen LogP contribution is 2.42. The third-order valence-corrected chi connectivity index (χ3v) is 4.37. The van der Waals surface area contributed by atoms with Gasteiger partial charge in [-0.3, -0.25) is 0 Å². The lowest BCUT2D eigenvalue weighted by Gasteiger charge is -2.38. The second kappa shape index (κ2) is 6.08. The number of halogens is 1. The normalized spacial score (nSPS) is 19.6. The first-order chi connectivity index (χ1) is 8.58. The van der Waals surface area contributed by atoms with Crippen molar-refractivity contribution in [2.45, 2.75) is 51.5 Å². The van der Waals surface area contributed by atoms with Gasteiger partial charge in [-0.1, -0.05) is 44.0 Å². The molecule has 2 atom stereocenters. The van der Waals surface area contributed by atoms with Gasteiger partial charge < -0.3 is 5.73 Å². The molecule has 1 aliphatic rings. The van der Waals surface area contributed by atoms with Crippen molar-refractivity contribution < 1.29 is 0 Å². The van der Waals surface area contributed by atoms with Crippen LogP contribution in [0.15, 0.2) is 24.3 Å². The van der Waals surface area contributed by atoms with E-state index in [-0.39, 0.29) is 6.04 Å². The molecule has 1 aromatic carbocycles. The Morgan fingerprint density at radius 3 is 2.28 bits per heavy atom. The second-order valence-electron chi connectivity index (χ2n) is 6.06. The first kappa shape index (κ1) is 13.9. The first-order valence-corrected chi connectivity index (χ1v) is 7.46. The van der Waals surface area contributed by atoms with Gasteiger partial charge >= 0.3 is 0 Å². The zero-order chi connectivity index (χ0) is 13.1. The molecule has 18 heavy (non-hydrogen) atoms. The van der Waals surface area contributed by atoms with Crippen molar-refractivity contribution in [3.63, 3.8) is 0 Å². The predicted molar refractivity (Wildman–Crippen MR) is 79.0 cm³/mol. The molecule has 0 aliphatic heterocycles. The van der Waals surface area contributed by atoms with Gasteiger partial charge in [0, 0.05) is 17.0 Å². The largest absolute Gasteiger partial charge is 0.327 e. The summed E-state index contributed by atoms with van der Waals surface area (Å²) in [5, 5.41) is 0.809. The molecule has 0 radical (unpaired) electrons. The van der Waals surface area contributed by atoms with Gasteiger partial charge in [-0.25, -0.2) is 0 Å². The smallest absolute Gasteiger partial charge is 0.0406 e. The molecule has 2 unspecified atom stereocenters. The maximum atomic E-state index is 6.47. The van der Waals surface area contributed by atoms with E-state index in [2.05, 4.69) is 26.0 Å². The third-order valence-electron chi connectivity index (χ3n) is 4.12. The summed E-state index contributed by atoms with van der Waals surface area (Å²) in [6.45, 7) is 4.50. The van der Waals surface area contributed by atoms with E-state index in [1.807, 2.05) is 12.1 Å². The summed E-state index contributed by atoms with van der Waals surface area (Å²) in [6, 6.07) is 8.57. The lowest BCUT2D eigenvalue weighted by Crippen LogP contribution is -2.37. The summed E-state index contributed by atoms with van der Waals surface area (Å²) in [5.41, 5.74) is 7.84. The number of rotatable bonds is 5. The minimum atomic E-state index is 0.275. The Labute approximate surface area is 116 Å². The van der Waals surface area contributed by atoms with E-state index in [1.165, 1.54) is 24.8 Å². The molecule has 0 aromatic heterocycles. The summed E-state index contributed by atoms with van der Waals surface area (Å²) in [6.07, 6.45) is 5.13. The fourth-order valence-corrected chi connectivity index (χ4v) is 3.17. The van der Waals surface area contributed by atoms with E-state index >= 15 is 0 Å². The quantitative estimate of drug-likeness (QED) is 0.827. The molecule has 0 saturated heterocycles. The average molecular weight is 266 g/mol. The van der Waals surface area contributed by atoms with Crippen LogP contribution in [-0.4, -0.2) is 6.04 Å². The van der Waals surface area contributed by atoms with Crippen molar-refractivity contribution in [1.29, 1.82) is 0 Å². The number of hydrogen-bond acceptors (Lipinski definition) is 1. The minimum absolute atomic E-state index is 0.275. The Morgan fingerprint density at radius 1 is 1.22 bits per heavy atom. The molecule has 0 amide bonds. The molecule has 0 bridgehead atoms. The number of nitrogens with two attached hydrogens (primary N) is 1. The summed E-state index contributed by atoms with van der Waals surface area (Å²) in [5.74, 6) is 1.95. The molecule has 0 heterocycles. The van der Waals surface area contributed by atoms with Gasteiger partial charge in [-0.05, 0) is 48.8 Å². The molecule has 1 fully saturated rings. The van der Waals surface area contributed by atoms with Crippen LogP contribution in [0.5, 0.6) is 0 Å². The van der Waals surface area contributed by atoms with E-state index in [0.717, 1.165) is 17.4 Å². The van der Waals surface area contributed by atoms with Crippen LogP contribution in [0, 0.1) is 11.8 Å². The van der Waals surface area contributed by atoms with Crippen LogP contribution in [0.4, 0.5) is 0 Å². The molecule has 1 aliphatic carbocycles. The highest BCUT2D eigenvalue weighted by Gasteiger charge is 2.32. The van der Waals surface area contributed by atoms with Crippen molar-refractivity contribution in [2.24, 2.45) is 17.6 Å². The maximum absolute atomic E-state index is 6.47. The monoisotopic (exact) mass is 265 g/mol. The lowest BCUT2D eigenvalue weighted by molar-refractivity contribution is 0.224. The summed E-state index contributed by atoms with van der Waals surface area (Å²) >= 11 is 5.98. The zero-order valence-electron chi connectivity index (χ0n) is 11.4. The summed E-state index contributed by atoms with van der Waals surface area (Å²) in [7, 11) is 0. The van der Waals surface area contributed by atoms with Gasteiger partial charge in [0.25, 0.3) is 0 Å². The van der Waals surface area contributed by atoms with Crippen molar-refractivity contribution >= 4 is 11.6 Å². The molecular weight excluding hydrogens is 242 g/mol. The third kappa shape index (κ3) is 3.27. The van der Waals surface area contributed by atoms with E-state index in [0.29, 0.717) is 11.8 Å². The van der Waals surface area contributed by atoms with Gasteiger partial charge in [0.05, 0.1) is 0 Å². The molecule has 2 heteroatoms. The zero-order valence-corrected chi connectivity index (χ0v) is 12.2. The molecule has 0 spiro atoms. The topological polar surface area (TPSA) is 26.0 Å². The highest BCUT2D eigenvalue weighted by molar-refractivity contribution is 6.30. The summed E-state index contributed by atoms with van der Waals surface area (Å²) in [4.78, 5) is 0. The van der Waals surface area contributed by atoms with E-state index in [1.54, 1.807) is 0 Å². The highest BCUT2D eigenvalue weighted by atomic mass is 35.5. The maximum Gasteiger partial charge on any atom is 0.0406 e. The van der Waals surface area contributed by atoms with Crippen LogP contribution in [0.1, 0.15) is 51.0 Å². The Bertz CT molecular complexity index is 367. The molecule has 2 rings (SSSR count). The van der Waals surface area contributed by atoms with Crippen LogP contribution in [0.2, 0.25) is 5.02 Å². The molecule has 1 saturated carbocycles. The van der Waals surface area contributed by atoms with Crippen molar-refractivity contribution in [1.82, 2.24) is 0 Å².